The van der Waals surface area contributed by atoms with E-state index in [1.54, 1.807) is 0 Å². The number of aromatic nitrogens is 2. The zero-order valence-corrected chi connectivity index (χ0v) is 8.28. The summed E-state index contributed by atoms with van der Waals surface area (Å²) < 4.78 is 0. The fourth-order valence-electron chi connectivity index (χ4n) is 1.44. The van der Waals surface area contributed by atoms with Crippen molar-refractivity contribution in [2.75, 3.05) is 5.73 Å². The number of anilines is 1. The monoisotopic (exact) mass is 198 g/mol. The normalized spacial score (nSPS) is 9.87. The first-order chi connectivity index (χ1) is 7.22. The smallest absolute Gasteiger partial charge is 0.161 e. The SMILES string of the molecule is Cc1ccccc1-c1nc(N)c(C#N)[nH]1. The number of hydrogen-bond donors (Lipinski definition) is 2. The topological polar surface area (TPSA) is 78.5 Å². The van der Waals surface area contributed by atoms with Crippen molar-refractivity contribution in [3.05, 3.63) is 35.5 Å². The van der Waals surface area contributed by atoms with Crippen molar-refractivity contribution in [3.8, 4) is 17.5 Å². The lowest BCUT2D eigenvalue weighted by atomic mass is 10.1. The second kappa shape index (κ2) is 3.46. The molecule has 0 amide bonds. The molecule has 1 heterocycles. The first-order valence-electron chi connectivity index (χ1n) is 4.54. The molecule has 4 nitrogen and oxygen atoms in total. The molecular weight excluding hydrogens is 188 g/mol. The Balaban J connectivity index is 2.56. The molecule has 0 aliphatic heterocycles. The standard InChI is InChI=1S/C11H10N4/c1-7-4-2-3-5-8(7)11-14-9(6-12)10(13)15-11/h2-5H,13H2,1H3,(H,14,15). The van der Waals surface area contributed by atoms with Crippen LogP contribution in [0.25, 0.3) is 11.4 Å². The van der Waals surface area contributed by atoms with Crippen molar-refractivity contribution in [3.63, 3.8) is 0 Å². The van der Waals surface area contributed by atoms with Crippen molar-refractivity contribution in [2.24, 2.45) is 0 Å². The van der Waals surface area contributed by atoms with Crippen LogP contribution in [0, 0.1) is 18.3 Å². The lowest BCUT2D eigenvalue weighted by Gasteiger charge is -2.00. The Labute approximate surface area is 87.4 Å². The van der Waals surface area contributed by atoms with Gasteiger partial charge in [-0.05, 0) is 12.5 Å². The second-order valence-electron chi connectivity index (χ2n) is 3.27. The third-order valence-corrected chi connectivity index (χ3v) is 2.24. The minimum Gasteiger partial charge on any atom is -0.381 e. The molecule has 4 heteroatoms. The van der Waals surface area contributed by atoms with Gasteiger partial charge in [0.25, 0.3) is 0 Å². The number of aromatic amines is 1. The predicted molar refractivity (Wildman–Crippen MR) is 57.9 cm³/mol. The highest BCUT2D eigenvalue weighted by molar-refractivity contribution is 5.64. The predicted octanol–water partition coefficient (Wildman–Crippen LogP) is 1.84. The molecule has 1 aromatic carbocycles. The highest BCUT2D eigenvalue weighted by Gasteiger charge is 2.09. The highest BCUT2D eigenvalue weighted by atomic mass is 15.0. The lowest BCUT2D eigenvalue weighted by molar-refractivity contribution is 1.27. The number of nitrogens with two attached hydrogens (primary N) is 1. The van der Waals surface area contributed by atoms with Crippen molar-refractivity contribution >= 4 is 5.82 Å². The molecule has 0 radical (unpaired) electrons. The van der Waals surface area contributed by atoms with Crippen LogP contribution in [0.1, 0.15) is 11.3 Å². The number of hydrogen-bond acceptors (Lipinski definition) is 3. The van der Waals surface area contributed by atoms with Crippen LogP contribution in [0.5, 0.6) is 0 Å². The number of nitrogens with zero attached hydrogens (tertiary/aromatic N) is 2. The Hall–Kier alpha value is -2.28. The van der Waals surface area contributed by atoms with E-state index < -0.39 is 0 Å². The summed E-state index contributed by atoms with van der Waals surface area (Å²) in [5.41, 5.74) is 7.94. The molecule has 0 fully saturated rings. The maximum Gasteiger partial charge on any atom is 0.161 e. The van der Waals surface area contributed by atoms with Crippen LogP contribution in [0.4, 0.5) is 5.82 Å². The summed E-state index contributed by atoms with van der Waals surface area (Å²) in [6, 6.07) is 9.77. The van der Waals surface area contributed by atoms with Crippen LogP contribution in [-0.2, 0) is 0 Å². The fraction of sp³-hybridized carbons (Fsp3) is 0.0909. The maximum atomic E-state index is 8.75. The molecule has 2 rings (SSSR count). The third kappa shape index (κ3) is 1.55. The number of nitriles is 1. The van der Waals surface area contributed by atoms with Crippen LogP contribution in [0.15, 0.2) is 24.3 Å². The molecule has 15 heavy (non-hydrogen) atoms. The molecule has 0 aliphatic rings. The van der Waals surface area contributed by atoms with E-state index in [9.17, 15) is 0 Å². The molecule has 0 bridgehead atoms. The van der Waals surface area contributed by atoms with Gasteiger partial charge in [0.1, 0.15) is 11.9 Å². The molecule has 0 unspecified atom stereocenters. The summed E-state index contributed by atoms with van der Waals surface area (Å²) in [6.07, 6.45) is 0. The van der Waals surface area contributed by atoms with Crippen LogP contribution >= 0.6 is 0 Å². The number of nitrogen functional groups attached to an aromatic ring is 1. The lowest BCUT2D eigenvalue weighted by Crippen LogP contribution is -1.87. The molecule has 0 aliphatic carbocycles. The summed E-state index contributed by atoms with van der Waals surface area (Å²) in [6.45, 7) is 1.99. The van der Waals surface area contributed by atoms with Crippen molar-refractivity contribution in [2.45, 2.75) is 6.92 Å². The molecule has 1 aromatic heterocycles. The van der Waals surface area contributed by atoms with E-state index >= 15 is 0 Å². The first kappa shape index (κ1) is 9.28. The van der Waals surface area contributed by atoms with E-state index in [4.69, 9.17) is 11.0 Å². The van der Waals surface area contributed by atoms with E-state index in [-0.39, 0.29) is 5.82 Å². The van der Waals surface area contributed by atoms with Gasteiger partial charge in [0, 0.05) is 5.56 Å². The molecule has 0 atom stereocenters. The number of imidazole rings is 1. The summed E-state index contributed by atoms with van der Waals surface area (Å²) in [7, 11) is 0. The molecular formula is C11H10N4. The number of rotatable bonds is 1. The maximum absolute atomic E-state index is 8.75. The Kier molecular flexibility index (Phi) is 2.14. The number of nitrogens with one attached hydrogen (secondary N) is 1. The Bertz CT molecular complexity index is 534. The van der Waals surface area contributed by atoms with E-state index in [1.165, 1.54) is 0 Å². The van der Waals surface area contributed by atoms with E-state index in [0.29, 0.717) is 11.5 Å². The van der Waals surface area contributed by atoms with Gasteiger partial charge < -0.3 is 10.7 Å². The van der Waals surface area contributed by atoms with Gasteiger partial charge in [-0.25, -0.2) is 4.98 Å². The summed E-state index contributed by atoms with van der Waals surface area (Å²) in [5, 5.41) is 8.75. The summed E-state index contributed by atoms with van der Waals surface area (Å²) in [5.74, 6) is 0.887. The minimum absolute atomic E-state index is 0.246. The molecule has 0 saturated heterocycles. The third-order valence-electron chi connectivity index (χ3n) is 2.24. The Morgan fingerprint density at radius 2 is 2.13 bits per heavy atom. The molecule has 3 N–H and O–H groups in total. The van der Waals surface area contributed by atoms with Gasteiger partial charge in [-0.1, -0.05) is 24.3 Å². The zero-order chi connectivity index (χ0) is 10.8. The minimum atomic E-state index is 0.246. The van der Waals surface area contributed by atoms with E-state index in [0.717, 1.165) is 11.1 Å². The number of aryl methyl sites for hydroxylation is 1. The highest BCUT2D eigenvalue weighted by Crippen LogP contribution is 2.22. The van der Waals surface area contributed by atoms with Crippen molar-refractivity contribution in [1.82, 2.24) is 9.97 Å². The van der Waals surface area contributed by atoms with Crippen LogP contribution in [0.3, 0.4) is 0 Å². The fourth-order valence-corrected chi connectivity index (χ4v) is 1.44. The average molecular weight is 198 g/mol. The van der Waals surface area contributed by atoms with Gasteiger partial charge in [0.15, 0.2) is 11.5 Å². The second-order valence-corrected chi connectivity index (χ2v) is 3.27. The number of H-pyrrole nitrogens is 1. The number of benzene rings is 1. The zero-order valence-electron chi connectivity index (χ0n) is 8.28. The average Bonchev–Trinajstić information content (AvgIpc) is 2.60. The van der Waals surface area contributed by atoms with Gasteiger partial charge >= 0.3 is 0 Å². The van der Waals surface area contributed by atoms with Gasteiger partial charge in [-0.2, -0.15) is 5.26 Å². The quantitative estimate of drug-likeness (QED) is 0.733. The van der Waals surface area contributed by atoms with Crippen molar-refractivity contribution in [1.29, 1.82) is 5.26 Å². The Morgan fingerprint density at radius 3 is 2.73 bits per heavy atom. The van der Waals surface area contributed by atoms with Gasteiger partial charge in [-0.3, -0.25) is 0 Å². The van der Waals surface area contributed by atoms with Crippen molar-refractivity contribution < 1.29 is 0 Å². The Morgan fingerprint density at radius 1 is 1.40 bits per heavy atom. The van der Waals surface area contributed by atoms with Crippen LogP contribution in [-0.4, -0.2) is 9.97 Å². The van der Waals surface area contributed by atoms with Crippen LogP contribution in [0.2, 0.25) is 0 Å². The van der Waals surface area contributed by atoms with E-state index in [2.05, 4.69) is 9.97 Å². The first-order valence-corrected chi connectivity index (χ1v) is 4.54. The van der Waals surface area contributed by atoms with Gasteiger partial charge in [0.05, 0.1) is 0 Å². The molecule has 2 aromatic rings. The van der Waals surface area contributed by atoms with Crippen LogP contribution < -0.4 is 5.73 Å². The molecule has 74 valence electrons. The summed E-state index contributed by atoms with van der Waals surface area (Å²) >= 11 is 0. The van der Waals surface area contributed by atoms with E-state index in [1.807, 2.05) is 37.3 Å². The molecule has 0 saturated carbocycles. The van der Waals surface area contributed by atoms with Gasteiger partial charge in [0.2, 0.25) is 0 Å². The largest absolute Gasteiger partial charge is 0.381 e. The summed E-state index contributed by atoms with van der Waals surface area (Å²) in [4.78, 5) is 7.00. The van der Waals surface area contributed by atoms with Gasteiger partial charge in [-0.15, -0.1) is 0 Å². The molecule has 0 spiro atoms.